The zero-order chi connectivity index (χ0) is 21.8. The maximum atomic E-state index is 12.8. The number of imide groups is 1. The van der Waals surface area contributed by atoms with E-state index in [2.05, 4.69) is 24.3 Å². The van der Waals surface area contributed by atoms with Crippen molar-refractivity contribution in [1.82, 2.24) is 4.90 Å². The van der Waals surface area contributed by atoms with Crippen LogP contribution in [0, 0.1) is 0 Å². The fourth-order valence-electron chi connectivity index (χ4n) is 4.10. The first-order valence-corrected chi connectivity index (χ1v) is 10.8. The third kappa shape index (κ3) is 4.69. The van der Waals surface area contributed by atoms with Gasteiger partial charge in [-0.3, -0.25) is 14.5 Å². The van der Waals surface area contributed by atoms with Gasteiger partial charge in [0.1, 0.15) is 5.75 Å². The monoisotopic (exact) mass is 413 g/mol. The zero-order valence-corrected chi connectivity index (χ0v) is 18.0. The Hall–Kier alpha value is -3.40. The molecule has 4 rings (SSSR count). The fraction of sp³-hybridized carbons (Fsp3) is 0.259. The van der Waals surface area contributed by atoms with Crippen molar-refractivity contribution < 1.29 is 14.3 Å². The van der Waals surface area contributed by atoms with Crippen LogP contribution in [0.25, 0.3) is 0 Å². The van der Waals surface area contributed by atoms with Crippen molar-refractivity contribution in [2.75, 3.05) is 6.54 Å². The van der Waals surface area contributed by atoms with Gasteiger partial charge in [-0.2, -0.15) is 0 Å². The Morgan fingerprint density at radius 3 is 1.94 bits per heavy atom. The highest BCUT2D eigenvalue weighted by molar-refractivity contribution is 6.21. The highest BCUT2D eigenvalue weighted by Gasteiger charge is 2.35. The van der Waals surface area contributed by atoms with E-state index in [0.29, 0.717) is 24.1 Å². The van der Waals surface area contributed by atoms with Crippen LogP contribution in [-0.2, 0) is 6.42 Å². The largest absolute Gasteiger partial charge is 0.491 e. The van der Waals surface area contributed by atoms with Crippen LogP contribution in [0.4, 0.5) is 0 Å². The average Bonchev–Trinajstić information content (AvgIpc) is 3.02. The van der Waals surface area contributed by atoms with Gasteiger partial charge in [0.25, 0.3) is 11.8 Å². The molecule has 158 valence electrons. The minimum atomic E-state index is -0.195. The van der Waals surface area contributed by atoms with Crippen LogP contribution < -0.4 is 4.74 Å². The molecule has 0 fully saturated rings. The van der Waals surface area contributed by atoms with Crippen LogP contribution in [-0.4, -0.2) is 29.4 Å². The highest BCUT2D eigenvalue weighted by Crippen LogP contribution is 2.29. The molecule has 1 atom stereocenters. The van der Waals surface area contributed by atoms with Crippen LogP contribution in [0.1, 0.15) is 58.0 Å². The lowest BCUT2D eigenvalue weighted by Gasteiger charge is -2.22. The number of amides is 2. The van der Waals surface area contributed by atoms with Crippen LogP contribution >= 0.6 is 0 Å². The molecule has 0 saturated heterocycles. The van der Waals surface area contributed by atoms with Gasteiger partial charge in [-0.15, -0.1) is 0 Å². The Morgan fingerprint density at radius 2 is 1.35 bits per heavy atom. The lowest BCUT2D eigenvalue weighted by atomic mass is 9.89. The van der Waals surface area contributed by atoms with Gasteiger partial charge in [-0.25, -0.2) is 0 Å². The van der Waals surface area contributed by atoms with E-state index in [-0.39, 0.29) is 23.8 Å². The van der Waals surface area contributed by atoms with Gasteiger partial charge in [0, 0.05) is 6.54 Å². The molecule has 0 N–H and O–H groups in total. The van der Waals surface area contributed by atoms with Crippen LogP contribution in [0.3, 0.4) is 0 Å². The van der Waals surface area contributed by atoms with Gasteiger partial charge in [0.2, 0.25) is 0 Å². The molecular weight excluding hydrogens is 386 g/mol. The van der Waals surface area contributed by atoms with Crippen LogP contribution in [0.15, 0.2) is 78.9 Å². The number of fused-ring (bicyclic) bond motifs is 1. The van der Waals surface area contributed by atoms with Gasteiger partial charge in [0.15, 0.2) is 0 Å². The molecule has 0 spiro atoms. The van der Waals surface area contributed by atoms with Crippen molar-refractivity contribution in [2.24, 2.45) is 0 Å². The Labute approximate surface area is 183 Å². The lowest BCUT2D eigenvalue weighted by Crippen LogP contribution is -2.31. The van der Waals surface area contributed by atoms with Crippen molar-refractivity contribution in [1.29, 1.82) is 0 Å². The van der Waals surface area contributed by atoms with Gasteiger partial charge >= 0.3 is 0 Å². The summed E-state index contributed by atoms with van der Waals surface area (Å²) in [5.74, 6) is 0.636. The van der Waals surface area contributed by atoms with E-state index in [9.17, 15) is 9.59 Å². The van der Waals surface area contributed by atoms with Gasteiger partial charge in [-0.05, 0) is 68.0 Å². The molecule has 0 aliphatic carbocycles. The number of nitrogens with zero attached hydrogens (tertiary/aromatic N) is 1. The molecule has 2 amide bonds. The highest BCUT2D eigenvalue weighted by atomic mass is 16.5. The van der Waals surface area contributed by atoms with E-state index >= 15 is 0 Å². The molecule has 0 unspecified atom stereocenters. The third-order valence-electron chi connectivity index (χ3n) is 5.63. The van der Waals surface area contributed by atoms with Gasteiger partial charge in [0.05, 0.1) is 17.2 Å². The van der Waals surface area contributed by atoms with E-state index in [1.165, 1.54) is 16.0 Å². The molecule has 0 aromatic heterocycles. The summed E-state index contributed by atoms with van der Waals surface area (Å²) in [6.07, 6.45) is 1.67. The number of ether oxygens (including phenoxy) is 1. The number of hydrogen-bond donors (Lipinski definition) is 0. The number of benzene rings is 3. The summed E-state index contributed by atoms with van der Waals surface area (Å²) in [6, 6.07) is 25.5. The molecule has 3 aromatic rings. The average molecular weight is 414 g/mol. The molecule has 4 heteroatoms. The maximum Gasteiger partial charge on any atom is 0.261 e. The minimum Gasteiger partial charge on any atom is -0.491 e. The SMILES string of the molecule is CC(C)Oc1ccc([C@H](CCN2C(=O)c3ccccc3C2=O)Cc2ccccc2)cc1. The normalized spacial score (nSPS) is 14.1. The van der Waals surface area contributed by atoms with E-state index in [1.807, 2.05) is 44.2 Å². The second-order valence-electron chi connectivity index (χ2n) is 8.22. The number of carbonyl (C=O) groups is 2. The van der Waals surface area contributed by atoms with Crippen molar-refractivity contribution in [3.63, 3.8) is 0 Å². The summed E-state index contributed by atoms with van der Waals surface area (Å²) in [5, 5.41) is 0. The fourth-order valence-corrected chi connectivity index (χ4v) is 4.10. The molecular formula is C27H27NO3. The molecule has 31 heavy (non-hydrogen) atoms. The van der Waals surface area contributed by atoms with E-state index in [1.54, 1.807) is 24.3 Å². The minimum absolute atomic E-state index is 0.125. The standard InChI is InChI=1S/C27H27NO3/c1-19(2)31-23-14-12-21(13-15-23)22(18-20-8-4-3-5-9-20)16-17-28-26(29)24-10-6-7-11-25(24)27(28)30/h3-15,19,22H,16-18H2,1-2H3/t22-/m1/s1. The summed E-state index contributed by atoms with van der Waals surface area (Å²) in [7, 11) is 0. The first kappa shape index (κ1) is 20.9. The van der Waals surface area contributed by atoms with Crippen LogP contribution in [0.5, 0.6) is 5.75 Å². The summed E-state index contributed by atoms with van der Waals surface area (Å²) < 4.78 is 5.77. The zero-order valence-electron chi connectivity index (χ0n) is 18.0. The number of carbonyl (C=O) groups excluding carboxylic acids is 2. The Kier molecular flexibility index (Phi) is 6.17. The first-order valence-electron chi connectivity index (χ1n) is 10.8. The molecule has 3 aromatic carbocycles. The molecule has 1 aliphatic rings. The van der Waals surface area contributed by atoms with E-state index in [0.717, 1.165) is 12.2 Å². The number of hydrogen-bond acceptors (Lipinski definition) is 3. The molecule has 0 saturated carbocycles. The van der Waals surface area contributed by atoms with Crippen LogP contribution in [0.2, 0.25) is 0 Å². The second kappa shape index (κ2) is 9.17. The number of rotatable bonds is 8. The quantitative estimate of drug-likeness (QED) is 0.459. The summed E-state index contributed by atoms with van der Waals surface area (Å²) in [4.78, 5) is 26.9. The van der Waals surface area contributed by atoms with Gasteiger partial charge < -0.3 is 4.74 Å². The molecule has 4 nitrogen and oxygen atoms in total. The first-order chi connectivity index (χ1) is 15.0. The Bertz CT molecular complexity index is 1020. The third-order valence-corrected chi connectivity index (χ3v) is 5.63. The van der Waals surface area contributed by atoms with E-state index in [4.69, 9.17) is 4.74 Å². The topological polar surface area (TPSA) is 46.6 Å². The lowest BCUT2D eigenvalue weighted by molar-refractivity contribution is 0.0649. The summed E-state index contributed by atoms with van der Waals surface area (Å²) in [5.41, 5.74) is 3.42. The van der Waals surface area contributed by atoms with Crippen molar-refractivity contribution >= 4 is 11.8 Å². The smallest absolute Gasteiger partial charge is 0.261 e. The van der Waals surface area contributed by atoms with Gasteiger partial charge in [-0.1, -0.05) is 54.6 Å². The van der Waals surface area contributed by atoms with E-state index < -0.39 is 0 Å². The summed E-state index contributed by atoms with van der Waals surface area (Å²) >= 11 is 0. The molecule has 1 heterocycles. The predicted octanol–water partition coefficient (Wildman–Crippen LogP) is 5.49. The van der Waals surface area contributed by atoms with Crippen molar-refractivity contribution in [3.05, 3.63) is 101 Å². The molecule has 0 bridgehead atoms. The molecule has 1 aliphatic heterocycles. The van der Waals surface area contributed by atoms with Crippen molar-refractivity contribution in [3.8, 4) is 5.75 Å². The van der Waals surface area contributed by atoms with Crippen molar-refractivity contribution in [2.45, 2.75) is 38.7 Å². The second-order valence-corrected chi connectivity index (χ2v) is 8.22. The maximum absolute atomic E-state index is 12.8. The summed E-state index contributed by atoms with van der Waals surface area (Å²) in [6.45, 7) is 4.41. The predicted molar refractivity (Wildman–Crippen MR) is 122 cm³/mol. The Morgan fingerprint density at radius 1 is 0.774 bits per heavy atom. The Balaban J connectivity index is 1.52. The molecule has 0 radical (unpaired) electrons.